The Labute approximate surface area is 113 Å². The van der Waals surface area contributed by atoms with Crippen molar-refractivity contribution in [2.45, 2.75) is 6.42 Å². The van der Waals surface area contributed by atoms with Crippen molar-refractivity contribution in [1.82, 2.24) is 9.97 Å². The van der Waals surface area contributed by atoms with E-state index in [1.165, 1.54) is 4.90 Å². The Hall–Kier alpha value is -2.15. The van der Waals surface area contributed by atoms with Crippen molar-refractivity contribution in [1.29, 1.82) is 0 Å². The highest BCUT2D eigenvalue weighted by Gasteiger charge is 2.35. The molecule has 1 amide bonds. The molecule has 19 heavy (non-hydrogen) atoms. The number of aromatic nitrogens is 2. The van der Waals surface area contributed by atoms with Crippen LogP contribution in [0.5, 0.6) is 0 Å². The van der Waals surface area contributed by atoms with Crippen LogP contribution in [0.3, 0.4) is 0 Å². The van der Waals surface area contributed by atoms with Crippen molar-refractivity contribution < 1.29 is 14.7 Å². The molecular formula is C12H11N3O3S. The number of nitrogens with zero attached hydrogens (tertiary/aromatic N) is 1. The van der Waals surface area contributed by atoms with E-state index in [0.717, 1.165) is 11.0 Å². The van der Waals surface area contributed by atoms with Crippen LogP contribution in [0.2, 0.25) is 0 Å². The smallest absolute Gasteiger partial charge is 0.308 e. The van der Waals surface area contributed by atoms with Gasteiger partial charge in [-0.15, -0.1) is 0 Å². The van der Waals surface area contributed by atoms with E-state index in [-0.39, 0.29) is 18.9 Å². The van der Waals surface area contributed by atoms with Gasteiger partial charge in [-0.25, -0.2) is 0 Å². The van der Waals surface area contributed by atoms with Crippen molar-refractivity contribution in [3.8, 4) is 0 Å². The highest BCUT2D eigenvalue weighted by molar-refractivity contribution is 7.71. The number of H-pyrrole nitrogens is 2. The molecular weight excluding hydrogens is 266 g/mol. The van der Waals surface area contributed by atoms with Crippen LogP contribution in [0.4, 0.5) is 5.69 Å². The van der Waals surface area contributed by atoms with E-state index in [2.05, 4.69) is 9.97 Å². The predicted molar refractivity (Wildman–Crippen MR) is 71.6 cm³/mol. The number of aliphatic carboxylic acids is 1. The molecule has 0 spiro atoms. The number of fused-ring (bicyclic) bond motifs is 1. The van der Waals surface area contributed by atoms with Crippen molar-refractivity contribution in [2.75, 3.05) is 11.4 Å². The fourth-order valence-electron chi connectivity index (χ4n) is 2.31. The van der Waals surface area contributed by atoms with Crippen molar-refractivity contribution in [3.05, 3.63) is 23.0 Å². The lowest BCUT2D eigenvalue weighted by Gasteiger charge is -2.15. The maximum Gasteiger partial charge on any atom is 0.308 e. The molecule has 2 aromatic rings. The van der Waals surface area contributed by atoms with Gasteiger partial charge in [-0.05, 0) is 30.4 Å². The van der Waals surface area contributed by atoms with Crippen LogP contribution in [0, 0.1) is 10.7 Å². The third-order valence-electron chi connectivity index (χ3n) is 3.29. The van der Waals surface area contributed by atoms with Gasteiger partial charge in [0, 0.05) is 18.7 Å². The number of carboxylic acid groups (broad SMARTS) is 1. The zero-order chi connectivity index (χ0) is 13.6. The van der Waals surface area contributed by atoms with Gasteiger partial charge in [0.15, 0.2) is 4.77 Å². The molecule has 7 heteroatoms. The largest absolute Gasteiger partial charge is 0.481 e. The highest BCUT2D eigenvalue weighted by atomic mass is 32.1. The summed E-state index contributed by atoms with van der Waals surface area (Å²) in [6.07, 6.45) is 0.0521. The Morgan fingerprint density at radius 1 is 1.37 bits per heavy atom. The molecule has 98 valence electrons. The van der Waals surface area contributed by atoms with Gasteiger partial charge >= 0.3 is 5.97 Å². The Bertz CT molecular complexity index is 733. The standard InChI is InChI=1S/C12H11N3O3S/c16-10-3-6(11(17)18)5-15(10)7-1-2-8-9(4-7)14-12(19)13-8/h1-2,4,6H,3,5H2,(H,17,18)(H2,13,14,19). The molecule has 1 aromatic heterocycles. The third-order valence-corrected chi connectivity index (χ3v) is 3.49. The summed E-state index contributed by atoms with van der Waals surface area (Å²) in [5.41, 5.74) is 2.34. The molecule has 0 radical (unpaired) electrons. The van der Waals surface area contributed by atoms with E-state index >= 15 is 0 Å². The zero-order valence-corrected chi connectivity index (χ0v) is 10.7. The maximum absolute atomic E-state index is 11.9. The molecule has 0 bridgehead atoms. The van der Waals surface area contributed by atoms with Crippen molar-refractivity contribution >= 4 is 40.8 Å². The number of rotatable bonds is 2. The first kappa shape index (κ1) is 11.9. The van der Waals surface area contributed by atoms with E-state index in [1.54, 1.807) is 12.1 Å². The minimum absolute atomic E-state index is 0.0521. The second-order valence-electron chi connectivity index (χ2n) is 4.55. The minimum atomic E-state index is -0.932. The molecule has 1 fully saturated rings. The monoisotopic (exact) mass is 277 g/mol. The summed E-state index contributed by atoms with van der Waals surface area (Å²) in [5, 5.41) is 8.97. The molecule has 0 aliphatic carbocycles. The van der Waals surface area contributed by atoms with E-state index in [9.17, 15) is 9.59 Å². The fraction of sp³-hybridized carbons (Fsp3) is 0.250. The first-order chi connectivity index (χ1) is 9.04. The summed E-state index contributed by atoms with van der Waals surface area (Å²) in [6, 6.07) is 5.39. The molecule has 1 aliphatic rings. The Kier molecular flexibility index (Phi) is 2.63. The molecule has 1 aromatic carbocycles. The van der Waals surface area contributed by atoms with Crippen LogP contribution < -0.4 is 4.90 Å². The number of carboxylic acids is 1. The maximum atomic E-state index is 11.9. The second-order valence-corrected chi connectivity index (χ2v) is 4.96. The highest BCUT2D eigenvalue weighted by Crippen LogP contribution is 2.27. The molecule has 0 saturated carbocycles. The summed E-state index contributed by atoms with van der Waals surface area (Å²) >= 11 is 5.00. The van der Waals surface area contributed by atoms with Crippen LogP contribution in [0.25, 0.3) is 11.0 Å². The molecule has 6 nitrogen and oxygen atoms in total. The predicted octanol–water partition coefficient (Wildman–Crippen LogP) is 1.66. The summed E-state index contributed by atoms with van der Waals surface area (Å²) in [4.78, 5) is 30.2. The van der Waals surface area contributed by atoms with Gasteiger partial charge in [-0.3, -0.25) is 9.59 Å². The Balaban J connectivity index is 1.98. The first-order valence-electron chi connectivity index (χ1n) is 5.80. The number of imidazole rings is 1. The molecule has 1 atom stereocenters. The average molecular weight is 277 g/mol. The molecule has 2 heterocycles. The van der Waals surface area contributed by atoms with Gasteiger partial charge in [0.05, 0.1) is 17.0 Å². The van der Waals surface area contributed by atoms with Crippen LogP contribution in [0.1, 0.15) is 6.42 Å². The normalized spacial score (nSPS) is 19.3. The molecule has 1 aliphatic heterocycles. The minimum Gasteiger partial charge on any atom is -0.481 e. The van der Waals surface area contributed by atoms with Gasteiger partial charge < -0.3 is 20.0 Å². The number of carbonyl (C=O) groups is 2. The number of hydrogen-bond acceptors (Lipinski definition) is 3. The number of nitrogens with one attached hydrogen (secondary N) is 2. The van der Waals surface area contributed by atoms with Crippen molar-refractivity contribution in [2.24, 2.45) is 5.92 Å². The van der Waals surface area contributed by atoms with Crippen LogP contribution in [-0.2, 0) is 9.59 Å². The van der Waals surface area contributed by atoms with Gasteiger partial charge in [0.25, 0.3) is 0 Å². The van der Waals surface area contributed by atoms with E-state index in [0.29, 0.717) is 10.5 Å². The Morgan fingerprint density at radius 2 is 2.11 bits per heavy atom. The summed E-state index contributed by atoms with van der Waals surface area (Å²) in [6.45, 7) is 0.213. The number of aromatic amines is 2. The van der Waals surface area contributed by atoms with E-state index < -0.39 is 11.9 Å². The second kappa shape index (κ2) is 4.20. The Morgan fingerprint density at radius 3 is 2.79 bits per heavy atom. The van der Waals surface area contributed by atoms with Crippen LogP contribution >= 0.6 is 12.2 Å². The average Bonchev–Trinajstić information content (AvgIpc) is 2.90. The van der Waals surface area contributed by atoms with E-state index in [4.69, 9.17) is 17.3 Å². The quantitative estimate of drug-likeness (QED) is 0.728. The lowest BCUT2D eigenvalue weighted by molar-refractivity contribution is -0.141. The van der Waals surface area contributed by atoms with Crippen LogP contribution in [-0.4, -0.2) is 33.5 Å². The van der Waals surface area contributed by atoms with E-state index in [1.807, 2.05) is 6.07 Å². The van der Waals surface area contributed by atoms with Crippen LogP contribution in [0.15, 0.2) is 18.2 Å². The lowest BCUT2D eigenvalue weighted by Crippen LogP contribution is -2.25. The molecule has 3 N–H and O–H groups in total. The zero-order valence-electron chi connectivity index (χ0n) is 9.84. The van der Waals surface area contributed by atoms with Gasteiger partial charge in [-0.1, -0.05) is 0 Å². The third kappa shape index (κ3) is 2.01. The number of hydrogen-bond donors (Lipinski definition) is 3. The fourth-order valence-corrected chi connectivity index (χ4v) is 2.53. The molecule has 1 saturated heterocycles. The molecule has 3 rings (SSSR count). The first-order valence-corrected chi connectivity index (χ1v) is 6.20. The topological polar surface area (TPSA) is 89.2 Å². The number of carbonyl (C=O) groups excluding carboxylic acids is 1. The van der Waals surface area contributed by atoms with Crippen molar-refractivity contribution in [3.63, 3.8) is 0 Å². The van der Waals surface area contributed by atoms with Gasteiger partial charge in [0.2, 0.25) is 5.91 Å². The number of benzene rings is 1. The number of amides is 1. The SMILES string of the molecule is O=C(O)C1CC(=O)N(c2ccc3[nH]c(=S)[nH]c3c2)C1. The lowest BCUT2D eigenvalue weighted by atomic mass is 10.1. The summed E-state index contributed by atoms with van der Waals surface area (Å²) in [5.74, 6) is -1.73. The summed E-state index contributed by atoms with van der Waals surface area (Å²) in [7, 11) is 0. The van der Waals surface area contributed by atoms with Gasteiger partial charge in [0.1, 0.15) is 0 Å². The molecule has 1 unspecified atom stereocenters. The summed E-state index contributed by atoms with van der Waals surface area (Å²) < 4.78 is 0.517. The number of anilines is 1. The van der Waals surface area contributed by atoms with Gasteiger partial charge in [-0.2, -0.15) is 0 Å².